The Balaban J connectivity index is 3.18. The number of aliphatic carboxylic acids is 1. The summed E-state index contributed by atoms with van der Waals surface area (Å²) in [5.41, 5.74) is 0.694. The van der Waals surface area contributed by atoms with Crippen molar-refractivity contribution in [2.75, 3.05) is 6.26 Å². The van der Waals surface area contributed by atoms with Crippen LogP contribution in [0, 0.1) is 0 Å². The molecule has 0 aromatic heterocycles. The van der Waals surface area contributed by atoms with E-state index in [9.17, 15) is 13.2 Å². The molecular formula is C12H14O4S. The molecule has 0 saturated carbocycles. The first kappa shape index (κ1) is 13.4. The minimum Gasteiger partial charge on any atom is -0.478 e. The average Bonchev–Trinajstić information content (AvgIpc) is 2.24. The van der Waals surface area contributed by atoms with Gasteiger partial charge in [0.1, 0.15) is 0 Å². The van der Waals surface area contributed by atoms with E-state index in [4.69, 9.17) is 5.11 Å². The van der Waals surface area contributed by atoms with E-state index in [1.54, 1.807) is 6.08 Å². The minimum atomic E-state index is -3.24. The van der Waals surface area contributed by atoms with Crippen LogP contribution in [0.25, 0.3) is 5.57 Å². The van der Waals surface area contributed by atoms with Crippen molar-refractivity contribution in [2.24, 2.45) is 0 Å². The second-order valence-electron chi connectivity index (χ2n) is 3.63. The Hall–Kier alpha value is -1.62. The Kier molecular flexibility index (Phi) is 4.07. The summed E-state index contributed by atoms with van der Waals surface area (Å²) in [6.07, 6.45) is 3.31. The lowest BCUT2D eigenvalue weighted by Gasteiger charge is -2.04. The van der Waals surface area contributed by atoms with Crippen LogP contribution in [0.15, 0.2) is 35.2 Å². The zero-order valence-corrected chi connectivity index (χ0v) is 10.5. The van der Waals surface area contributed by atoms with Crippen LogP contribution >= 0.6 is 0 Å². The van der Waals surface area contributed by atoms with Crippen LogP contribution in [0.1, 0.15) is 18.9 Å². The topological polar surface area (TPSA) is 71.4 Å². The Morgan fingerprint density at radius 3 is 2.18 bits per heavy atom. The number of carboxylic acid groups (broad SMARTS) is 1. The lowest BCUT2D eigenvalue weighted by atomic mass is 10.1. The van der Waals surface area contributed by atoms with Gasteiger partial charge in [0.25, 0.3) is 0 Å². The molecule has 1 aromatic carbocycles. The predicted molar refractivity (Wildman–Crippen MR) is 65.5 cm³/mol. The van der Waals surface area contributed by atoms with Crippen LogP contribution in [0.4, 0.5) is 0 Å². The largest absolute Gasteiger partial charge is 0.478 e. The van der Waals surface area contributed by atoms with Crippen molar-refractivity contribution in [3.63, 3.8) is 0 Å². The Morgan fingerprint density at radius 2 is 1.82 bits per heavy atom. The molecular weight excluding hydrogens is 240 g/mol. The molecule has 0 radical (unpaired) electrons. The van der Waals surface area contributed by atoms with Crippen molar-refractivity contribution >= 4 is 21.4 Å². The van der Waals surface area contributed by atoms with E-state index in [0.29, 0.717) is 12.0 Å². The van der Waals surface area contributed by atoms with E-state index in [0.717, 1.165) is 6.26 Å². The second kappa shape index (κ2) is 5.14. The molecule has 0 aliphatic rings. The van der Waals surface area contributed by atoms with E-state index in [1.165, 1.54) is 24.3 Å². The molecule has 4 nitrogen and oxygen atoms in total. The number of sulfone groups is 1. The van der Waals surface area contributed by atoms with Crippen LogP contribution in [-0.4, -0.2) is 25.7 Å². The van der Waals surface area contributed by atoms with Crippen LogP contribution in [0.3, 0.4) is 0 Å². The highest BCUT2D eigenvalue weighted by Gasteiger charge is 2.11. The molecule has 0 spiro atoms. The summed E-state index contributed by atoms with van der Waals surface area (Å²) in [7, 11) is -3.24. The number of allylic oxidation sites excluding steroid dienone is 1. The van der Waals surface area contributed by atoms with Gasteiger partial charge in [-0.3, -0.25) is 0 Å². The van der Waals surface area contributed by atoms with Gasteiger partial charge in [-0.15, -0.1) is 0 Å². The molecule has 0 aliphatic carbocycles. The van der Waals surface area contributed by atoms with Gasteiger partial charge in [-0.2, -0.15) is 0 Å². The zero-order chi connectivity index (χ0) is 13.1. The van der Waals surface area contributed by atoms with E-state index in [-0.39, 0.29) is 10.5 Å². The quantitative estimate of drug-likeness (QED) is 0.834. The highest BCUT2D eigenvalue weighted by Crippen LogP contribution is 2.18. The Bertz CT molecular complexity index is 538. The number of hydrogen-bond donors (Lipinski definition) is 1. The zero-order valence-electron chi connectivity index (χ0n) is 9.67. The SMILES string of the molecule is CC/C=C(/C(=O)O)c1ccc(S(C)(=O)=O)cc1. The summed E-state index contributed by atoms with van der Waals surface area (Å²) in [5, 5.41) is 9.00. The van der Waals surface area contributed by atoms with Gasteiger partial charge in [-0.05, 0) is 24.1 Å². The third-order valence-electron chi connectivity index (χ3n) is 2.23. The van der Waals surface area contributed by atoms with E-state index in [2.05, 4.69) is 0 Å². The molecule has 17 heavy (non-hydrogen) atoms. The summed E-state index contributed by atoms with van der Waals surface area (Å²) in [6, 6.07) is 5.84. The highest BCUT2D eigenvalue weighted by molar-refractivity contribution is 7.90. The van der Waals surface area contributed by atoms with Gasteiger partial charge in [0.15, 0.2) is 9.84 Å². The molecule has 0 unspecified atom stereocenters. The summed E-state index contributed by atoms with van der Waals surface area (Å²) in [4.78, 5) is 11.2. The molecule has 92 valence electrons. The molecule has 0 fully saturated rings. The van der Waals surface area contributed by atoms with Crippen molar-refractivity contribution in [3.8, 4) is 0 Å². The lowest BCUT2D eigenvalue weighted by molar-refractivity contribution is -0.130. The standard InChI is InChI=1S/C12H14O4S/c1-3-4-11(12(13)14)9-5-7-10(8-6-9)17(2,15)16/h4-8H,3H2,1-2H3,(H,13,14)/b11-4+. The van der Waals surface area contributed by atoms with E-state index in [1.807, 2.05) is 6.92 Å². The molecule has 0 heterocycles. The molecule has 0 atom stereocenters. The van der Waals surface area contributed by atoms with E-state index < -0.39 is 15.8 Å². The third kappa shape index (κ3) is 3.42. The van der Waals surface area contributed by atoms with Gasteiger partial charge in [-0.1, -0.05) is 25.1 Å². The first-order chi connectivity index (χ1) is 7.86. The van der Waals surface area contributed by atoms with Crippen LogP contribution in [0.2, 0.25) is 0 Å². The maximum Gasteiger partial charge on any atom is 0.335 e. The maximum absolute atomic E-state index is 11.2. The molecule has 0 aliphatic heterocycles. The van der Waals surface area contributed by atoms with Crippen LogP contribution in [0.5, 0.6) is 0 Å². The van der Waals surface area contributed by atoms with Gasteiger partial charge < -0.3 is 5.11 Å². The molecule has 0 amide bonds. The van der Waals surface area contributed by atoms with Crippen molar-refractivity contribution in [1.29, 1.82) is 0 Å². The van der Waals surface area contributed by atoms with Crippen LogP contribution < -0.4 is 0 Å². The number of rotatable bonds is 4. The van der Waals surface area contributed by atoms with Crippen molar-refractivity contribution in [3.05, 3.63) is 35.9 Å². The summed E-state index contributed by atoms with van der Waals surface area (Å²) in [6.45, 7) is 1.84. The van der Waals surface area contributed by atoms with Crippen molar-refractivity contribution < 1.29 is 18.3 Å². The van der Waals surface area contributed by atoms with E-state index >= 15 is 0 Å². The summed E-state index contributed by atoms with van der Waals surface area (Å²) >= 11 is 0. The second-order valence-corrected chi connectivity index (χ2v) is 5.64. The van der Waals surface area contributed by atoms with Crippen molar-refractivity contribution in [1.82, 2.24) is 0 Å². The average molecular weight is 254 g/mol. The summed E-state index contributed by atoms with van der Waals surface area (Å²) in [5.74, 6) is -1.01. The van der Waals surface area contributed by atoms with Crippen molar-refractivity contribution in [2.45, 2.75) is 18.2 Å². The highest BCUT2D eigenvalue weighted by atomic mass is 32.2. The van der Waals surface area contributed by atoms with Gasteiger partial charge in [0.05, 0.1) is 10.5 Å². The smallest absolute Gasteiger partial charge is 0.335 e. The Morgan fingerprint density at radius 1 is 1.29 bits per heavy atom. The third-order valence-corrected chi connectivity index (χ3v) is 3.36. The minimum absolute atomic E-state index is 0.183. The molecule has 1 rings (SSSR count). The summed E-state index contributed by atoms with van der Waals surface area (Å²) < 4.78 is 22.5. The number of benzene rings is 1. The van der Waals surface area contributed by atoms with Crippen LogP contribution in [-0.2, 0) is 14.6 Å². The maximum atomic E-state index is 11.2. The predicted octanol–water partition coefficient (Wildman–Crippen LogP) is 1.97. The molecule has 1 N–H and O–H groups in total. The molecule has 5 heteroatoms. The fraction of sp³-hybridized carbons (Fsp3) is 0.250. The van der Waals surface area contributed by atoms with Gasteiger partial charge in [0.2, 0.25) is 0 Å². The molecule has 0 bridgehead atoms. The fourth-order valence-corrected chi connectivity index (χ4v) is 2.04. The fourth-order valence-electron chi connectivity index (χ4n) is 1.41. The normalized spacial score (nSPS) is 12.5. The monoisotopic (exact) mass is 254 g/mol. The number of carboxylic acids is 1. The van der Waals surface area contributed by atoms with Gasteiger partial charge in [-0.25, -0.2) is 13.2 Å². The molecule has 1 aromatic rings. The Labute approximate surface area is 101 Å². The molecule has 0 saturated heterocycles. The number of carbonyl (C=O) groups is 1. The first-order valence-corrected chi connectivity index (χ1v) is 6.99. The van der Waals surface area contributed by atoms with Gasteiger partial charge >= 0.3 is 5.97 Å². The first-order valence-electron chi connectivity index (χ1n) is 5.10. The van der Waals surface area contributed by atoms with Gasteiger partial charge in [0, 0.05) is 6.26 Å². The number of hydrogen-bond acceptors (Lipinski definition) is 3. The lowest BCUT2D eigenvalue weighted by Crippen LogP contribution is -2.01.